The van der Waals surface area contributed by atoms with Gasteiger partial charge in [-0.2, -0.15) is 13.2 Å². The van der Waals surface area contributed by atoms with Gasteiger partial charge in [-0.3, -0.25) is 4.90 Å². The molecule has 0 bridgehead atoms. The van der Waals surface area contributed by atoms with Crippen molar-refractivity contribution in [1.29, 1.82) is 0 Å². The van der Waals surface area contributed by atoms with Crippen LogP contribution in [0.1, 0.15) is 46.0 Å². The largest absolute Gasteiger partial charge is 0.389 e. The van der Waals surface area contributed by atoms with Crippen molar-refractivity contribution in [3.63, 3.8) is 0 Å². The monoisotopic (exact) mass is 252 g/mol. The van der Waals surface area contributed by atoms with Gasteiger partial charge in [0, 0.05) is 31.1 Å². The van der Waals surface area contributed by atoms with E-state index >= 15 is 0 Å². The number of likely N-dealkylation sites (tertiary alicyclic amines) is 1. The highest BCUT2D eigenvalue weighted by Crippen LogP contribution is 2.25. The van der Waals surface area contributed by atoms with Crippen LogP contribution in [0.2, 0.25) is 0 Å². The number of hydrogen-bond donors (Lipinski definition) is 1. The van der Waals surface area contributed by atoms with E-state index in [-0.39, 0.29) is 18.5 Å². The van der Waals surface area contributed by atoms with Gasteiger partial charge in [-0.05, 0) is 39.5 Å². The summed E-state index contributed by atoms with van der Waals surface area (Å²) in [5.41, 5.74) is 5.87. The first-order valence-corrected chi connectivity index (χ1v) is 6.37. The molecule has 102 valence electrons. The molecule has 0 spiro atoms. The Morgan fingerprint density at radius 3 is 2.59 bits per heavy atom. The quantitative estimate of drug-likeness (QED) is 0.833. The number of alkyl halides is 3. The molecule has 0 aromatic heterocycles. The second-order valence-electron chi connectivity index (χ2n) is 5.23. The van der Waals surface area contributed by atoms with Crippen LogP contribution < -0.4 is 5.73 Å². The fourth-order valence-corrected chi connectivity index (χ4v) is 2.65. The number of halogens is 3. The van der Waals surface area contributed by atoms with Crippen molar-refractivity contribution in [2.45, 2.75) is 70.3 Å². The Balaban J connectivity index is 2.30. The second kappa shape index (κ2) is 6.05. The molecule has 1 rings (SSSR count). The van der Waals surface area contributed by atoms with Crippen molar-refractivity contribution in [2.24, 2.45) is 5.73 Å². The first-order valence-electron chi connectivity index (χ1n) is 6.37. The molecule has 1 heterocycles. The van der Waals surface area contributed by atoms with Gasteiger partial charge in [-0.1, -0.05) is 0 Å². The van der Waals surface area contributed by atoms with Crippen LogP contribution in [0.15, 0.2) is 0 Å². The fourth-order valence-electron chi connectivity index (χ4n) is 2.65. The van der Waals surface area contributed by atoms with E-state index in [9.17, 15) is 13.2 Å². The smallest absolute Gasteiger partial charge is 0.328 e. The third-order valence-electron chi connectivity index (χ3n) is 3.62. The van der Waals surface area contributed by atoms with Crippen LogP contribution in [-0.4, -0.2) is 35.7 Å². The lowest BCUT2D eigenvalue weighted by Crippen LogP contribution is -2.49. The topological polar surface area (TPSA) is 29.3 Å². The number of rotatable bonds is 4. The summed E-state index contributed by atoms with van der Waals surface area (Å²) in [5, 5.41) is 0. The molecule has 0 aliphatic carbocycles. The molecule has 0 aromatic rings. The third kappa shape index (κ3) is 5.25. The second-order valence-corrected chi connectivity index (χ2v) is 5.23. The highest BCUT2D eigenvalue weighted by Gasteiger charge is 2.29. The molecule has 0 radical (unpaired) electrons. The van der Waals surface area contributed by atoms with Gasteiger partial charge in [0.2, 0.25) is 0 Å². The third-order valence-corrected chi connectivity index (χ3v) is 3.62. The normalized spacial score (nSPS) is 29.3. The first-order chi connectivity index (χ1) is 7.79. The van der Waals surface area contributed by atoms with Gasteiger partial charge in [-0.15, -0.1) is 0 Å². The van der Waals surface area contributed by atoms with Crippen LogP contribution in [0.25, 0.3) is 0 Å². The van der Waals surface area contributed by atoms with Gasteiger partial charge in [0.15, 0.2) is 0 Å². The minimum atomic E-state index is -4.02. The summed E-state index contributed by atoms with van der Waals surface area (Å²) >= 11 is 0. The maximum absolute atomic E-state index is 12.0. The van der Waals surface area contributed by atoms with Crippen molar-refractivity contribution in [3.05, 3.63) is 0 Å². The van der Waals surface area contributed by atoms with Crippen molar-refractivity contribution in [1.82, 2.24) is 4.90 Å². The van der Waals surface area contributed by atoms with E-state index in [2.05, 4.69) is 11.8 Å². The highest BCUT2D eigenvalue weighted by atomic mass is 19.4. The molecule has 3 unspecified atom stereocenters. The molecular formula is C12H23F3N2. The van der Waals surface area contributed by atoms with Gasteiger partial charge < -0.3 is 5.73 Å². The lowest BCUT2D eigenvalue weighted by molar-refractivity contribution is -0.136. The van der Waals surface area contributed by atoms with Crippen molar-refractivity contribution >= 4 is 0 Å². The van der Waals surface area contributed by atoms with Crippen LogP contribution in [0, 0.1) is 0 Å². The van der Waals surface area contributed by atoms with E-state index in [0.29, 0.717) is 12.5 Å². The average Bonchev–Trinajstić information content (AvgIpc) is 2.15. The molecule has 0 saturated carbocycles. The zero-order chi connectivity index (χ0) is 13.1. The Hall–Kier alpha value is -0.290. The highest BCUT2D eigenvalue weighted by molar-refractivity contribution is 4.83. The molecule has 2 N–H and O–H groups in total. The van der Waals surface area contributed by atoms with Crippen molar-refractivity contribution in [3.8, 4) is 0 Å². The summed E-state index contributed by atoms with van der Waals surface area (Å²) in [7, 11) is 0. The van der Waals surface area contributed by atoms with E-state index in [0.717, 1.165) is 19.4 Å². The van der Waals surface area contributed by atoms with Crippen molar-refractivity contribution < 1.29 is 13.2 Å². The molecule has 17 heavy (non-hydrogen) atoms. The number of nitrogens with zero attached hydrogens (tertiary/aromatic N) is 1. The minimum absolute atomic E-state index is 0.222. The minimum Gasteiger partial charge on any atom is -0.328 e. The van der Waals surface area contributed by atoms with Crippen LogP contribution in [0.4, 0.5) is 13.2 Å². The van der Waals surface area contributed by atoms with Gasteiger partial charge in [0.25, 0.3) is 0 Å². The Kier molecular flexibility index (Phi) is 5.25. The maximum Gasteiger partial charge on any atom is 0.389 e. The lowest BCUT2D eigenvalue weighted by Gasteiger charge is -2.40. The molecule has 2 nitrogen and oxygen atoms in total. The summed E-state index contributed by atoms with van der Waals surface area (Å²) in [6.07, 6.45) is -1.95. The molecule has 1 saturated heterocycles. The summed E-state index contributed by atoms with van der Waals surface area (Å²) in [4.78, 5) is 2.29. The summed E-state index contributed by atoms with van der Waals surface area (Å²) in [5.74, 6) is 0. The molecule has 0 amide bonds. The molecule has 0 aromatic carbocycles. The Labute approximate surface area is 101 Å². The molecule has 3 atom stereocenters. The Morgan fingerprint density at radius 2 is 2.06 bits per heavy atom. The van der Waals surface area contributed by atoms with Crippen LogP contribution in [-0.2, 0) is 0 Å². The molecule has 1 aliphatic rings. The van der Waals surface area contributed by atoms with Gasteiger partial charge in [0.1, 0.15) is 0 Å². The number of piperidine rings is 1. The fraction of sp³-hybridized carbons (Fsp3) is 1.00. The molecule has 1 fully saturated rings. The molecule has 1 aliphatic heterocycles. The van der Waals surface area contributed by atoms with Gasteiger partial charge >= 0.3 is 6.18 Å². The van der Waals surface area contributed by atoms with Crippen LogP contribution in [0.5, 0.6) is 0 Å². The van der Waals surface area contributed by atoms with E-state index in [1.165, 1.54) is 0 Å². The molecular weight excluding hydrogens is 229 g/mol. The van der Waals surface area contributed by atoms with Crippen molar-refractivity contribution in [2.75, 3.05) is 6.54 Å². The predicted octanol–water partition coefficient (Wildman–Crippen LogP) is 2.92. The Bertz CT molecular complexity index is 230. The summed E-state index contributed by atoms with van der Waals surface area (Å²) in [6, 6.07) is 0.864. The van der Waals surface area contributed by atoms with E-state index in [1.54, 1.807) is 0 Å². The first kappa shape index (κ1) is 14.8. The zero-order valence-corrected chi connectivity index (χ0v) is 10.6. The van der Waals surface area contributed by atoms with E-state index < -0.39 is 12.6 Å². The summed E-state index contributed by atoms with van der Waals surface area (Å²) in [6.45, 7) is 5.04. The lowest BCUT2D eigenvalue weighted by atomic mass is 9.96. The zero-order valence-electron chi connectivity index (χ0n) is 10.6. The van der Waals surface area contributed by atoms with Gasteiger partial charge in [0.05, 0.1) is 0 Å². The predicted molar refractivity (Wildman–Crippen MR) is 62.7 cm³/mol. The Morgan fingerprint density at radius 1 is 1.41 bits per heavy atom. The standard InChI is InChI=1S/C12H23F3N2/c1-9(4-3-6-12(13,14)15)17-7-5-11(16)8-10(17)2/h9-11H,3-8,16H2,1-2H3. The number of hydrogen-bond acceptors (Lipinski definition) is 2. The maximum atomic E-state index is 12.0. The van der Waals surface area contributed by atoms with E-state index in [1.807, 2.05) is 6.92 Å². The summed E-state index contributed by atoms with van der Waals surface area (Å²) < 4.78 is 36.1. The van der Waals surface area contributed by atoms with Gasteiger partial charge in [-0.25, -0.2) is 0 Å². The average molecular weight is 252 g/mol. The van der Waals surface area contributed by atoms with Crippen LogP contribution >= 0.6 is 0 Å². The van der Waals surface area contributed by atoms with E-state index in [4.69, 9.17) is 5.73 Å². The SMILES string of the molecule is CC(CCCC(F)(F)F)N1CCC(N)CC1C. The van der Waals surface area contributed by atoms with Crippen LogP contribution in [0.3, 0.4) is 0 Å². The molecule has 5 heteroatoms. The number of nitrogens with two attached hydrogens (primary N) is 1.